The first-order valence-electron chi connectivity index (χ1n) is 12.9. The number of halogens is 1. The summed E-state index contributed by atoms with van der Waals surface area (Å²) >= 11 is 0. The summed E-state index contributed by atoms with van der Waals surface area (Å²) in [5, 5.41) is 10.3. The number of aliphatic carboxylic acids is 1. The molecule has 4 heterocycles. The Labute approximate surface area is 212 Å². The van der Waals surface area contributed by atoms with Gasteiger partial charge in [0.05, 0.1) is 37.1 Å². The summed E-state index contributed by atoms with van der Waals surface area (Å²) in [5.41, 5.74) is 5.75. The van der Waals surface area contributed by atoms with E-state index in [-0.39, 0.29) is 0 Å². The number of rotatable bonds is 4. The van der Waals surface area contributed by atoms with Crippen LogP contribution in [-0.2, 0) is 16.0 Å². The molecule has 0 bridgehead atoms. The zero-order chi connectivity index (χ0) is 26.0. The maximum absolute atomic E-state index is 15.5. The molecule has 0 spiro atoms. The summed E-state index contributed by atoms with van der Waals surface area (Å²) in [6.07, 6.45) is 5.65. The molecule has 0 aliphatic carbocycles. The molecule has 192 valence electrons. The van der Waals surface area contributed by atoms with Crippen molar-refractivity contribution in [3.8, 4) is 16.9 Å². The molecule has 0 saturated carbocycles. The Kier molecular flexibility index (Phi) is 5.99. The number of hydrogen-bond acceptors (Lipinski definition) is 4. The van der Waals surface area contributed by atoms with Gasteiger partial charge in [-0.05, 0) is 77.5 Å². The van der Waals surface area contributed by atoms with E-state index in [1.807, 2.05) is 34.6 Å². The number of piperidine rings is 1. The number of nitrogens with zero attached hydrogens (tertiary/aromatic N) is 2. The van der Waals surface area contributed by atoms with Crippen LogP contribution < -0.4 is 9.22 Å². The molecule has 0 radical (unpaired) electrons. The van der Waals surface area contributed by atoms with Gasteiger partial charge in [0, 0.05) is 29.2 Å². The van der Waals surface area contributed by atoms with Crippen molar-refractivity contribution in [2.24, 2.45) is 0 Å². The summed E-state index contributed by atoms with van der Waals surface area (Å²) in [6, 6.07) is 1.52. The molecule has 1 aromatic heterocycles. The second-order valence-corrected chi connectivity index (χ2v) is 11.5. The van der Waals surface area contributed by atoms with Crippen LogP contribution in [0.25, 0.3) is 17.2 Å². The van der Waals surface area contributed by atoms with E-state index in [0.717, 1.165) is 66.7 Å². The van der Waals surface area contributed by atoms with Gasteiger partial charge < -0.3 is 14.6 Å². The molecular weight excluding hydrogens is 459 g/mol. The summed E-state index contributed by atoms with van der Waals surface area (Å²) < 4.78 is 27.9. The van der Waals surface area contributed by atoms with E-state index >= 15 is 4.39 Å². The summed E-state index contributed by atoms with van der Waals surface area (Å²) in [6.45, 7) is 10.8. The Morgan fingerprint density at radius 2 is 1.97 bits per heavy atom. The van der Waals surface area contributed by atoms with Crippen molar-refractivity contribution >= 4 is 17.9 Å². The predicted octanol–water partition coefficient (Wildman–Crippen LogP) is 6.25. The number of fused-ring (bicyclic) bond motifs is 4. The van der Waals surface area contributed by atoms with Crippen LogP contribution >= 0.6 is 0 Å². The Morgan fingerprint density at radius 3 is 2.67 bits per heavy atom. The lowest BCUT2D eigenvalue weighted by Gasteiger charge is -2.35. The maximum Gasteiger partial charge on any atom is 0.337 e. The highest BCUT2D eigenvalue weighted by Crippen LogP contribution is 2.51. The molecule has 1 aromatic carbocycles. The second-order valence-electron chi connectivity index (χ2n) is 11.5. The van der Waals surface area contributed by atoms with Crippen molar-refractivity contribution in [1.82, 2.24) is 9.47 Å². The van der Waals surface area contributed by atoms with Crippen LogP contribution in [0.1, 0.15) is 80.5 Å². The highest BCUT2D eigenvalue weighted by Gasteiger charge is 2.45. The quantitative estimate of drug-likeness (QED) is 0.508. The number of quaternary nitrogens is 1. The molecule has 3 aliphatic heterocycles. The van der Waals surface area contributed by atoms with Gasteiger partial charge in [-0.15, -0.1) is 0 Å². The van der Waals surface area contributed by atoms with Crippen molar-refractivity contribution in [2.45, 2.75) is 78.4 Å². The molecule has 1 N–H and O–H groups in total. The highest BCUT2D eigenvalue weighted by molar-refractivity contribution is 5.92. The summed E-state index contributed by atoms with van der Waals surface area (Å²) in [7, 11) is 2.18. The van der Waals surface area contributed by atoms with Crippen molar-refractivity contribution in [3.63, 3.8) is 0 Å². The third-order valence-electron chi connectivity index (χ3n) is 7.81. The van der Waals surface area contributed by atoms with Crippen LogP contribution in [0.2, 0.25) is 0 Å². The van der Waals surface area contributed by atoms with Crippen molar-refractivity contribution in [3.05, 3.63) is 45.5 Å². The van der Waals surface area contributed by atoms with E-state index in [2.05, 4.69) is 13.1 Å². The average Bonchev–Trinajstić information content (AvgIpc) is 3.10. The van der Waals surface area contributed by atoms with E-state index in [1.54, 1.807) is 0 Å². The van der Waals surface area contributed by atoms with Gasteiger partial charge >= 0.3 is 5.97 Å². The Balaban J connectivity index is 1.86. The van der Waals surface area contributed by atoms with Gasteiger partial charge in [0.1, 0.15) is 5.70 Å². The maximum atomic E-state index is 15.5. The molecule has 2 atom stereocenters. The Bertz CT molecular complexity index is 1290. The molecule has 1 saturated heterocycles. The van der Waals surface area contributed by atoms with Crippen molar-refractivity contribution < 1.29 is 23.8 Å². The zero-order valence-electron chi connectivity index (χ0n) is 22.1. The summed E-state index contributed by atoms with van der Waals surface area (Å²) in [5.74, 6) is -0.261. The van der Waals surface area contributed by atoms with E-state index in [4.69, 9.17) is 14.5 Å². The van der Waals surface area contributed by atoms with Crippen LogP contribution in [0.3, 0.4) is 0 Å². The number of carboxylic acids is 1. The second kappa shape index (κ2) is 8.67. The van der Waals surface area contributed by atoms with E-state index in [1.165, 1.54) is 11.8 Å². The average molecular weight is 496 g/mol. The number of aromatic nitrogens is 1. The third-order valence-corrected chi connectivity index (χ3v) is 7.81. The third kappa shape index (κ3) is 3.93. The van der Waals surface area contributed by atoms with E-state index < -0.39 is 23.5 Å². The van der Waals surface area contributed by atoms with Crippen molar-refractivity contribution in [1.29, 1.82) is 0 Å². The first-order valence-corrected chi connectivity index (χ1v) is 12.9. The molecule has 1 fully saturated rings. The smallest absolute Gasteiger partial charge is 0.337 e. The van der Waals surface area contributed by atoms with Crippen molar-refractivity contribution in [2.75, 3.05) is 20.2 Å². The lowest BCUT2D eigenvalue weighted by Crippen LogP contribution is -2.46. The Hall–Kier alpha value is -2.77. The number of hydrogen-bond donors (Lipinski definition) is 1. The van der Waals surface area contributed by atoms with Crippen LogP contribution in [0, 0.1) is 19.7 Å². The zero-order valence-corrected chi connectivity index (χ0v) is 22.1. The molecule has 5 rings (SSSR count). The SMILES string of the molecule is Cc1nc2c(c(-c3cc(F)c4c(c3C)CCCO4)c1C(OC(C)(C)C)C(=O)O)C=C1CCCC[N+]12C. The van der Waals surface area contributed by atoms with E-state index in [0.29, 0.717) is 33.7 Å². The fourth-order valence-electron chi connectivity index (χ4n) is 6.09. The number of aryl methyl sites for hydroxylation is 1. The molecule has 2 unspecified atom stereocenters. The number of ether oxygens (including phenoxy) is 2. The molecule has 36 heavy (non-hydrogen) atoms. The van der Waals surface area contributed by atoms with E-state index in [9.17, 15) is 9.90 Å². The normalized spacial score (nSPS) is 21.7. The van der Waals surface area contributed by atoms with Gasteiger partial charge in [0.25, 0.3) is 0 Å². The molecule has 3 aliphatic rings. The standard InChI is InChI=1S/C29H35FN2O4/c1-16-19-11-9-13-35-25(19)22(30)15-20(16)24-21-14-18-10-7-8-12-32(18,6)27(21)31-17(2)23(24)26(28(33)34)36-29(3,4)5/h14-15,26H,7-13H2,1-6H3/p+1. The lowest BCUT2D eigenvalue weighted by atomic mass is 9.85. The topological polar surface area (TPSA) is 68.7 Å². The Morgan fingerprint density at radius 1 is 1.22 bits per heavy atom. The van der Waals surface area contributed by atoms with Crippen LogP contribution in [0.5, 0.6) is 5.75 Å². The fraction of sp³-hybridized carbons (Fsp3) is 0.517. The van der Waals surface area contributed by atoms with Crippen LogP contribution in [0.4, 0.5) is 10.2 Å². The molecular formula is C29H36FN2O4+. The minimum Gasteiger partial charge on any atom is -0.490 e. The highest BCUT2D eigenvalue weighted by atomic mass is 19.1. The van der Waals surface area contributed by atoms with Gasteiger partial charge in [-0.3, -0.25) is 0 Å². The number of allylic oxidation sites excluding steroid dienone is 1. The minimum absolute atomic E-state index is 0.321. The molecule has 0 amide bonds. The first-order chi connectivity index (χ1) is 16.9. The van der Waals surface area contributed by atoms with Gasteiger partial charge in [-0.2, -0.15) is 0 Å². The van der Waals surface area contributed by atoms with Gasteiger partial charge in [-0.25, -0.2) is 18.7 Å². The lowest BCUT2D eigenvalue weighted by molar-refractivity contribution is -0.160. The van der Waals surface area contributed by atoms with Gasteiger partial charge in [0.2, 0.25) is 5.82 Å². The number of benzene rings is 1. The monoisotopic (exact) mass is 495 g/mol. The molecule has 7 heteroatoms. The number of pyridine rings is 1. The fourth-order valence-corrected chi connectivity index (χ4v) is 6.09. The predicted molar refractivity (Wildman–Crippen MR) is 139 cm³/mol. The minimum atomic E-state index is -1.24. The largest absolute Gasteiger partial charge is 0.490 e. The number of carboxylic acid groups (broad SMARTS) is 1. The molecule has 2 aromatic rings. The van der Waals surface area contributed by atoms with Crippen LogP contribution in [0.15, 0.2) is 11.8 Å². The number of carbonyl (C=O) groups is 1. The first kappa shape index (κ1) is 24.9. The molecule has 6 nitrogen and oxygen atoms in total. The van der Waals surface area contributed by atoms with Crippen LogP contribution in [-0.4, -0.2) is 41.9 Å². The van der Waals surface area contributed by atoms with Gasteiger partial charge in [0.15, 0.2) is 17.7 Å². The van der Waals surface area contributed by atoms with Gasteiger partial charge in [-0.1, -0.05) is 0 Å². The summed E-state index contributed by atoms with van der Waals surface area (Å²) in [4.78, 5) is 17.7.